The lowest BCUT2D eigenvalue weighted by Crippen LogP contribution is -2.17. The van der Waals surface area contributed by atoms with Gasteiger partial charge in [0.2, 0.25) is 0 Å². The first-order valence-electron chi connectivity index (χ1n) is 10.6. The molecule has 0 unspecified atom stereocenters. The van der Waals surface area contributed by atoms with Crippen molar-refractivity contribution in [3.05, 3.63) is 66.2 Å². The Hall–Kier alpha value is -4.12. The van der Waals surface area contributed by atoms with Gasteiger partial charge in [-0.05, 0) is 61.5 Å². The van der Waals surface area contributed by atoms with Gasteiger partial charge in [-0.2, -0.15) is 0 Å². The van der Waals surface area contributed by atoms with E-state index in [9.17, 15) is 13.2 Å². The average molecular weight is 480 g/mol. The van der Waals surface area contributed by atoms with Crippen molar-refractivity contribution in [3.63, 3.8) is 0 Å². The molecule has 0 radical (unpaired) electrons. The summed E-state index contributed by atoms with van der Waals surface area (Å²) in [5.74, 6) is 0.597. The van der Waals surface area contributed by atoms with E-state index in [1.807, 2.05) is 13.0 Å². The van der Waals surface area contributed by atoms with Crippen LogP contribution in [-0.4, -0.2) is 42.5 Å². The van der Waals surface area contributed by atoms with Gasteiger partial charge in [-0.3, -0.25) is 9.52 Å². The van der Waals surface area contributed by atoms with Crippen LogP contribution in [0, 0.1) is 0 Å². The third-order valence-electron chi connectivity index (χ3n) is 5.29. The lowest BCUT2D eigenvalue weighted by molar-refractivity contribution is 0.102. The first kappa shape index (κ1) is 21.7. The Bertz CT molecular complexity index is 1480. The number of fused-ring (bicyclic) bond motifs is 2. The van der Waals surface area contributed by atoms with E-state index >= 15 is 0 Å². The van der Waals surface area contributed by atoms with Crippen LogP contribution in [0.4, 0.5) is 11.4 Å². The second kappa shape index (κ2) is 8.67. The van der Waals surface area contributed by atoms with Gasteiger partial charge in [0.25, 0.3) is 15.9 Å². The first-order chi connectivity index (χ1) is 16.4. The summed E-state index contributed by atoms with van der Waals surface area (Å²) in [6, 6.07) is 16.0. The van der Waals surface area contributed by atoms with Gasteiger partial charge in [-0.15, -0.1) is 5.10 Å². The molecule has 0 fully saturated rings. The van der Waals surface area contributed by atoms with E-state index in [1.54, 1.807) is 47.1 Å². The topological polar surface area (TPSA) is 124 Å². The highest BCUT2D eigenvalue weighted by Gasteiger charge is 2.19. The smallest absolute Gasteiger partial charge is 0.262 e. The number of aryl methyl sites for hydroxylation is 1. The van der Waals surface area contributed by atoms with E-state index in [1.165, 1.54) is 12.1 Å². The highest BCUT2D eigenvalue weighted by Crippen LogP contribution is 2.32. The van der Waals surface area contributed by atoms with Gasteiger partial charge in [0, 0.05) is 29.5 Å². The fourth-order valence-electron chi connectivity index (χ4n) is 3.58. The number of nitrogens with one attached hydrogen (secondary N) is 2. The molecule has 2 heterocycles. The Kier molecular flexibility index (Phi) is 5.54. The molecule has 174 valence electrons. The summed E-state index contributed by atoms with van der Waals surface area (Å²) in [5.41, 5.74) is 2.81. The highest BCUT2D eigenvalue weighted by molar-refractivity contribution is 7.92. The average Bonchev–Trinajstić information content (AvgIpc) is 3.27. The predicted molar refractivity (Wildman–Crippen MR) is 126 cm³/mol. The molecular formula is C23H21N5O5S. The van der Waals surface area contributed by atoms with Crippen LogP contribution in [0.1, 0.15) is 17.3 Å². The van der Waals surface area contributed by atoms with Gasteiger partial charge < -0.3 is 14.8 Å². The highest BCUT2D eigenvalue weighted by atomic mass is 32.2. The lowest BCUT2D eigenvalue weighted by Gasteiger charge is -2.19. The molecule has 0 atom stereocenters. The number of nitrogens with zero attached hydrogens (tertiary/aromatic N) is 3. The molecule has 0 bridgehead atoms. The molecule has 1 aliphatic rings. The fourth-order valence-corrected chi connectivity index (χ4v) is 4.65. The molecule has 1 amide bonds. The summed E-state index contributed by atoms with van der Waals surface area (Å²) in [6.45, 7) is 3.45. The van der Waals surface area contributed by atoms with Crippen LogP contribution in [0.3, 0.4) is 0 Å². The normalized spacial score (nSPS) is 13.0. The molecule has 1 aliphatic heterocycles. The van der Waals surface area contributed by atoms with Crippen LogP contribution >= 0.6 is 0 Å². The van der Waals surface area contributed by atoms with E-state index < -0.39 is 10.0 Å². The van der Waals surface area contributed by atoms with Crippen molar-refractivity contribution in [1.82, 2.24) is 15.0 Å². The van der Waals surface area contributed by atoms with Crippen molar-refractivity contribution >= 4 is 38.3 Å². The van der Waals surface area contributed by atoms with Gasteiger partial charge in [-0.25, -0.2) is 13.1 Å². The maximum absolute atomic E-state index is 12.8. The molecule has 0 spiro atoms. The van der Waals surface area contributed by atoms with E-state index in [2.05, 4.69) is 20.4 Å². The van der Waals surface area contributed by atoms with Crippen molar-refractivity contribution in [3.8, 4) is 11.5 Å². The maximum atomic E-state index is 12.8. The summed E-state index contributed by atoms with van der Waals surface area (Å²) >= 11 is 0. The van der Waals surface area contributed by atoms with Crippen molar-refractivity contribution in [2.24, 2.45) is 0 Å². The zero-order valence-corrected chi connectivity index (χ0v) is 19.0. The minimum atomic E-state index is -3.83. The van der Waals surface area contributed by atoms with E-state index in [0.29, 0.717) is 53.7 Å². The maximum Gasteiger partial charge on any atom is 0.262 e. The number of sulfonamides is 1. The molecule has 5 rings (SSSR count). The Morgan fingerprint density at radius 3 is 2.47 bits per heavy atom. The third kappa shape index (κ3) is 4.25. The molecule has 4 aromatic rings. The van der Waals surface area contributed by atoms with Gasteiger partial charge in [-0.1, -0.05) is 5.21 Å². The standard InChI is InChI=1S/C23H21N5O5S/c1-2-28-20-9-3-15(13-19(20)25-27-28)23(29)24-16-4-6-17(7-5-16)26-34(30,31)18-8-10-21-22(14-18)33-12-11-32-21/h3-10,13-14,26H,2,11-12H2,1H3,(H,24,29). The third-order valence-corrected chi connectivity index (χ3v) is 6.67. The molecular weight excluding hydrogens is 458 g/mol. The number of ether oxygens (including phenoxy) is 2. The SMILES string of the molecule is CCn1nnc2cc(C(=O)Nc3ccc(NS(=O)(=O)c4ccc5c(c4)OCCO5)cc3)ccc21. The molecule has 3 aromatic carbocycles. The van der Waals surface area contributed by atoms with Crippen LogP contribution < -0.4 is 19.5 Å². The van der Waals surface area contributed by atoms with Crippen molar-refractivity contribution < 1.29 is 22.7 Å². The summed E-state index contributed by atoms with van der Waals surface area (Å²) in [6.07, 6.45) is 0. The molecule has 1 aromatic heterocycles. The number of benzene rings is 3. The minimum Gasteiger partial charge on any atom is -0.486 e. The number of rotatable bonds is 6. The zero-order valence-electron chi connectivity index (χ0n) is 18.2. The second-order valence-corrected chi connectivity index (χ2v) is 9.23. The van der Waals surface area contributed by atoms with Crippen LogP contribution in [-0.2, 0) is 16.6 Å². The van der Waals surface area contributed by atoms with Crippen molar-refractivity contribution in [2.75, 3.05) is 23.3 Å². The van der Waals surface area contributed by atoms with E-state index in [0.717, 1.165) is 5.52 Å². The van der Waals surface area contributed by atoms with Crippen molar-refractivity contribution in [2.45, 2.75) is 18.4 Å². The lowest BCUT2D eigenvalue weighted by atomic mass is 10.1. The minimum absolute atomic E-state index is 0.0597. The number of anilines is 2. The molecule has 0 aliphatic carbocycles. The molecule has 11 heteroatoms. The molecule has 34 heavy (non-hydrogen) atoms. The van der Waals surface area contributed by atoms with Gasteiger partial charge in [0.15, 0.2) is 11.5 Å². The summed E-state index contributed by atoms with van der Waals surface area (Å²) in [4.78, 5) is 12.7. The summed E-state index contributed by atoms with van der Waals surface area (Å²) in [5, 5.41) is 10.9. The van der Waals surface area contributed by atoms with Gasteiger partial charge >= 0.3 is 0 Å². The number of hydrogen-bond acceptors (Lipinski definition) is 7. The van der Waals surface area contributed by atoms with Crippen LogP contribution in [0.15, 0.2) is 65.6 Å². The molecule has 0 saturated carbocycles. The molecule has 10 nitrogen and oxygen atoms in total. The Morgan fingerprint density at radius 2 is 1.71 bits per heavy atom. The van der Waals surface area contributed by atoms with Crippen LogP contribution in [0.5, 0.6) is 11.5 Å². The van der Waals surface area contributed by atoms with Crippen LogP contribution in [0.2, 0.25) is 0 Å². The van der Waals surface area contributed by atoms with Crippen LogP contribution in [0.25, 0.3) is 11.0 Å². The first-order valence-corrected chi connectivity index (χ1v) is 12.1. The monoisotopic (exact) mass is 479 g/mol. The number of carbonyl (C=O) groups is 1. The largest absolute Gasteiger partial charge is 0.486 e. The van der Waals surface area contributed by atoms with E-state index in [4.69, 9.17) is 9.47 Å². The van der Waals surface area contributed by atoms with Crippen molar-refractivity contribution in [1.29, 1.82) is 0 Å². The molecule has 2 N–H and O–H groups in total. The zero-order chi connectivity index (χ0) is 23.7. The number of aromatic nitrogens is 3. The second-order valence-electron chi connectivity index (χ2n) is 7.55. The number of carbonyl (C=O) groups excluding carboxylic acids is 1. The quantitative estimate of drug-likeness (QED) is 0.435. The number of amides is 1. The van der Waals surface area contributed by atoms with Gasteiger partial charge in [0.05, 0.1) is 10.4 Å². The Labute approximate surface area is 195 Å². The Morgan fingerprint density at radius 1 is 0.971 bits per heavy atom. The van der Waals surface area contributed by atoms with Gasteiger partial charge in [0.1, 0.15) is 18.7 Å². The number of hydrogen-bond donors (Lipinski definition) is 2. The summed E-state index contributed by atoms with van der Waals surface area (Å²) in [7, 11) is -3.83. The predicted octanol–water partition coefficient (Wildman–Crippen LogP) is 3.28. The fraction of sp³-hybridized carbons (Fsp3) is 0.174. The summed E-state index contributed by atoms with van der Waals surface area (Å²) < 4.78 is 40.7. The Balaban J connectivity index is 1.27. The molecule has 0 saturated heterocycles. The van der Waals surface area contributed by atoms with E-state index in [-0.39, 0.29) is 10.8 Å².